The first-order valence-electron chi connectivity index (χ1n) is 10.2. The Morgan fingerprint density at radius 1 is 0.647 bits per heavy atom. The molecule has 0 N–H and O–H groups in total. The largest absolute Gasteiger partial charge is 0.741 e. The number of rotatable bonds is 2. The predicted molar refractivity (Wildman–Crippen MR) is 124 cm³/mol. The molecular weight excluding hydrogens is 463 g/mol. The molecule has 5 rings (SSSR count). The van der Waals surface area contributed by atoms with Crippen molar-refractivity contribution in [2.45, 2.75) is 5.51 Å². The first-order chi connectivity index (χ1) is 16.2. The zero-order valence-corrected chi connectivity index (χ0v) is 18.4. The van der Waals surface area contributed by atoms with Crippen LogP contribution in [0.1, 0.15) is 0 Å². The van der Waals surface area contributed by atoms with E-state index in [4.69, 9.17) is 13.0 Å². The van der Waals surface area contributed by atoms with Crippen molar-refractivity contribution in [1.82, 2.24) is 0 Å². The minimum absolute atomic E-state index is 1.22. The molecule has 0 amide bonds. The third-order valence-electron chi connectivity index (χ3n) is 5.20. The second-order valence-electron chi connectivity index (χ2n) is 7.36. The van der Waals surface area contributed by atoms with Crippen LogP contribution < -0.4 is 4.40 Å². The first kappa shape index (κ1) is 23.4. The number of aromatic nitrogens is 1. The number of pyridine rings is 2. The molecule has 5 aromatic rings. The molecule has 0 saturated heterocycles. The van der Waals surface area contributed by atoms with Gasteiger partial charge in [0.2, 0.25) is 11.2 Å². The summed E-state index contributed by atoms with van der Waals surface area (Å²) in [5.74, 6) is 0. The third kappa shape index (κ3) is 4.64. The van der Waals surface area contributed by atoms with E-state index in [-0.39, 0.29) is 0 Å². The van der Waals surface area contributed by atoms with Crippen LogP contribution in [0.4, 0.5) is 13.2 Å². The summed E-state index contributed by atoms with van der Waals surface area (Å²) in [5, 5.41) is 2.55. The van der Waals surface area contributed by atoms with Gasteiger partial charge in [-0.1, -0.05) is 66.7 Å². The summed E-state index contributed by atoms with van der Waals surface area (Å²) in [6.45, 7) is 0. The van der Waals surface area contributed by atoms with Crippen LogP contribution in [0.25, 0.3) is 38.7 Å². The van der Waals surface area contributed by atoms with E-state index in [0.29, 0.717) is 0 Å². The summed E-state index contributed by atoms with van der Waals surface area (Å²) in [4.78, 5) is 0. The van der Waals surface area contributed by atoms with Crippen molar-refractivity contribution in [2.75, 3.05) is 0 Å². The minimum atomic E-state index is -6.09. The standard InChI is InChI=1S/C25H18N.CHF3O3S/c1-3-11-19(12-4-1)24-22-16-8-7-15-21(22)23-17-9-10-18-26(23)25(24)20-13-5-2-6-14-20;2-1(3,4)8(5,6)7/h1-18H;(H,5,6,7)/q+1;/p-1. The number of fused-ring (bicyclic) bond motifs is 3. The molecule has 0 unspecified atom stereocenters. The van der Waals surface area contributed by atoms with Crippen LogP contribution in [0.2, 0.25) is 0 Å². The number of alkyl halides is 3. The van der Waals surface area contributed by atoms with Crippen LogP contribution in [0.15, 0.2) is 109 Å². The van der Waals surface area contributed by atoms with E-state index in [2.05, 4.69) is 114 Å². The molecule has 0 saturated carbocycles. The average Bonchev–Trinajstić information content (AvgIpc) is 2.83. The van der Waals surface area contributed by atoms with Gasteiger partial charge in [-0.25, -0.2) is 8.42 Å². The maximum Gasteiger partial charge on any atom is 0.485 e. The Bertz CT molecular complexity index is 1450. The molecular formula is C26H18F3NO3S. The van der Waals surface area contributed by atoms with Crippen molar-refractivity contribution in [3.8, 4) is 22.4 Å². The zero-order chi connectivity index (χ0) is 24.3. The van der Waals surface area contributed by atoms with E-state index in [1.54, 1.807) is 0 Å². The van der Waals surface area contributed by atoms with E-state index in [1.165, 1.54) is 38.7 Å². The summed E-state index contributed by atoms with van der Waals surface area (Å²) in [7, 11) is -6.09. The quantitative estimate of drug-likeness (QED) is 0.135. The number of benzene rings is 3. The fraction of sp³-hybridized carbons (Fsp3) is 0.0385. The summed E-state index contributed by atoms with van der Waals surface area (Å²) in [6, 6.07) is 36.4. The SMILES string of the molecule is O=S(=O)([O-])C(F)(F)F.c1ccc(-c2c(-c3ccccc3)[n+]3ccccc3c3ccccc23)cc1. The number of nitrogens with zero attached hydrogens (tertiary/aromatic N) is 1. The van der Waals surface area contributed by atoms with Gasteiger partial charge in [0.05, 0.1) is 10.9 Å². The molecule has 0 bridgehead atoms. The van der Waals surface area contributed by atoms with Crippen molar-refractivity contribution in [3.05, 3.63) is 109 Å². The van der Waals surface area contributed by atoms with Crippen molar-refractivity contribution in [2.24, 2.45) is 0 Å². The number of halogens is 3. The summed E-state index contributed by atoms with van der Waals surface area (Å²) < 4.78 is 61.2. The van der Waals surface area contributed by atoms with Gasteiger partial charge in [0, 0.05) is 23.1 Å². The maximum atomic E-state index is 10.7. The molecule has 3 aromatic carbocycles. The Labute approximate surface area is 194 Å². The van der Waals surface area contributed by atoms with Gasteiger partial charge in [0.25, 0.3) is 0 Å². The molecule has 2 aromatic heterocycles. The molecule has 172 valence electrons. The molecule has 0 aliphatic heterocycles. The Morgan fingerprint density at radius 3 is 1.68 bits per heavy atom. The zero-order valence-electron chi connectivity index (χ0n) is 17.6. The van der Waals surface area contributed by atoms with E-state index < -0.39 is 15.6 Å². The molecule has 0 fully saturated rings. The van der Waals surface area contributed by atoms with Gasteiger partial charge < -0.3 is 4.55 Å². The Hall–Kier alpha value is -3.75. The smallest absolute Gasteiger partial charge is 0.485 e. The van der Waals surface area contributed by atoms with Gasteiger partial charge in [-0.05, 0) is 29.8 Å². The fourth-order valence-corrected chi connectivity index (χ4v) is 3.81. The van der Waals surface area contributed by atoms with Gasteiger partial charge in [0.15, 0.2) is 16.3 Å². The van der Waals surface area contributed by atoms with Crippen molar-refractivity contribution >= 4 is 26.4 Å². The van der Waals surface area contributed by atoms with Crippen molar-refractivity contribution in [1.29, 1.82) is 0 Å². The molecule has 4 nitrogen and oxygen atoms in total. The second-order valence-corrected chi connectivity index (χ2v) is 8.73. The molecule has 0 aliphatic rings. The molecule has 0 aliphatic carbocycles. The lowest BCUT2D eigenvalue weighted by Gasteiger charge is -2.12. The summed E-state index contributed by atoms with van der Waals surface area (Å²) >= 11 is 0. The highest BCUT2D eigenvalue weighted by Gasteiger charge is 2.36. The molecule has 34 heavy (non-hydrogen) atoms. The lowest BCUT2D eigenvalue weighted by molar-refractivity contribution is -0.497. The highest BCUT2D eigenvalue weighted by Crippen LogP contribution is 2.37. The van der Waals surface area contributed by atoms with E-state index >= 15 is 0 Å². The minimum Gasteiger partial charge on any atom is -0.741 e. The van der Waals surface area contributed by atoms with Gasteiger partial charge >= 0.3 is 5.51 Å². The van der Waals surface area contributed by atoms with Gasteiger partial charge in [-0.2, -0.15) is 17.6 Å². The van der Waals surface area contributed by atoms with Crippen molar-refractivity contribution < 1.29 is 30.5 Å². The molecule has 8 heteroatoms. The highest BCUT2D eigenvalue weighted by molar-refractivity contribution is 7.86. The summed E-state index contributed by atoms with van der Waals surface area (Å²) in [5.41, 5.74) is 0.537. The monoisotopic (exact) mass is 481 g/mol. The first-order valence-corrected chi connectivity index (χ1v) is 11.6. The van der Waals surface area contributed by atoms with Crippen LogP contribution >= 0.6 is 0 Å². The van der Waals surface area contributed by atoms with Gasteiger partial charge in [0.1, 0.15) is 0 Å². The van der Waals surface area contributed by atoms with E-state index in [0.717, 1.165) is 0 Å². The molecule has 0 spiro atoms. The molecule has 2 heterocycles. The highest BCUT2D eigenvalue weighted by atomic mass is 32.2. The average molecular weight is 481 g/mol. The topological polar surface area (TPSA) is 61.3 Å². The van der Waals surface area contributed by atoms with Crippen LogP contribution in [-0.4, -0.2) is 18.5 Å². The van der Waals surface area contributed by atoms with Crippen LogP contribution in [0, 0.1) is 0 Å². The van der Waals surface area contributed by atoms with Crippen molar-refractivity contribution in [3.63, 3.8) is 0 Å². The number of hydrogen-bond acceptors (Lipinski definition) is 3. The van der Waals surface area contributed by atoms with E-state index in [1.807, 2.05) is 0 Å². The van der Waals surface area contributed by atoms with Crippen LogP contribution in [-0.2, 0) is 10.1 Å². The molecule has 0 radical (unpaired) electrons. The Kier molecular flexibility index (Phi) is 6.37. The molecule has 0 atom stereocenters. The second kappa shape index (κ2) is 9.24. The lowest BCUT2D eigenvalue weighted by atomic mass is 9.93. The van der Waals surface area contributed by atoms with Crippen LogP contribution in [0.5, 0.6) is 0 Å². The van der Waals surface area contributed by atoms with Crippen LogP contribution in [0.3, 0.4) is 0 Å². The van der Waals surface area contributed by atoms with E-state index in [9.17, 15) is 13.2 Å². The Balaban J connectivity index is 0.000000297. The third-order valence-corrected chi connectivity index (χ3v) is 5.77. The van der Waals surface area contributed by atoms with Gasteiger partial charge in [-0.15, -0.1) is 0 Å². The fourth-order valence-electron chi connectivity index (χ4n) is 3.81. The lowest BCUT2D eigenvalue weighted by Crippen LogP contribution is -2.25. The number of hydrogen-bond donors (Lipinski definition) is 0. The normalized spacial score (nSPS) is 11.8. The maximum absolute atomic E-state index is 10.7. The summed E-state index contributed by atoms with van der Waals surface area (Å²) in [6.07, 6.45) is 2.16. The Morgan fingerprint density at radius 2 is 1.12 bits per heavy atom. The predicted octanol–water partition coefficient (Wildman–Crippen LogP) is 5.96. The van der Waals surface area contributed by atoms with Gasteiger partial charge in [-0.3, -0.25) is 0 Å².